The van der Waals surface area contributed by atoms with Gasteiger partial charge in [0, 0.05) is 25.3 Å². The number of halogens is 1. The van der Waals surface area contributed by atoms with E-state index in [9.17, 15) is 4.79 Å². The summed E-state index contributed by atoms with van der Waals surface area (Å²) in [6.07, 6.45) is 0.791. The van der Waals surface area contributed by atoms with Crippen LogP contribution in [0.5, 0.6) is 5.75 Å². The van der Waals surface area contributed by atoms with Gasteiger partial charge >= 0.3 is 0 Å². The number of nitrogens with one attached hydrogen (secondary N) is 1. The van der Waals surface area contributed by atoms with Gasteiger partial charge in [0.2, 0.25) is 0 Å². The van der Waals surface area contributed by atoms with Crippen molar-refractivity contribution >= 4 is 21.8 Å². The molecule has 1 N–H and O–H groups in total. The molecule has 1 aromatic rings. The van der Waals surface area contributed by atoms with Crippen LogP contribution in [0.15, 0.2) is 22.7 Å². The first-order chi connectivity index (χ1) is 8.58. The SMILES string of the molecule is COCCC(C)NC(=O)c1ccc(OC)c(Br)c1. The van der Waals surface area contributed by atoms with Gasteiger partial charge in [0.05, 0.1) is 11.6 Å². The number of ether oxygens (including phenoxy) is 2. The second-order valence-electron chi connectivity index (χ2n) is 4.01. The first kappa shape index (κ1) is 15.0. The molecule has 0 radical (unpaired) electrons. The van der Waals surface area contributed by atoms with Crippen molar-refractivity contribution in [1.82, 2.24) is 5.32 Å². The highest BCUT2D eigenvalue weighted by Crippen LogP contribution is 2.25. The fraction of sp³-hybridized carbons (Fsp3) is 0.462. The Kier molecular flexibility index (Phi) is 6.15. The molecule has 18 heavy (non-hydrogen) atoms. The van der Waals surface area contributed by atoms with E-state index >= 15 is 0 Å². The molecule has 0 aromatic heterocycles. The van der Waals surface area contributed by atoms with Gasteiger partial charge in [0.25, 0.3) is 5.91 Å². The molecule has 0 spiro atoms. The van der Waals surface area contributed by atoms with Crippen LogP contribution in [0.4, 0.5) is 0 Å². The van der Waals surface area contributed by atoms with Crippen molar-refractivity contribution in [3.8, 4) is 5.75 Å². The molecule has 0 bridgehead atoms. The van der Waals surface area contributed by atoms with Crippen LogP contribution in [-0.4, -0.2) is 32.8 Å². The zero-order valence-electron chi connectivity index (χ0n) is 10.8. The minimum absolute atomic E-state index is 0.0818. The average molecular weight is 316 g/mol. The van der Waals surface area contributed by atoms with Gasteiger partial charge in [-0.05, 0) is 47.5 Å². The van der Waals surface area contributed by atoms with Crippen LogP contribution in [0.1, 0.15) is 23.7 Å². The standard InChI is InChI=1S/C13H18BrNO3/c1-9(6-7-17-2)15-13(16)10-4-5-12(18-3)11(14)8-10/h4-5,8-9H,6-7H2,1-3H3,(H,15,16). The van der Waals surface area contributed by atoms with Crippen LogP contribution in [0.2, 0.25) is 0 Å². The van der Waals surface area contributed by atoms with Crippen molar-refractivity contribution in [2.75, 3.05) is 20.8 Å². The lowest BCUT2D eigenvalue weighted by Crippen LogP contribution is -2.33. The van der Waals surface area contributed by atoms with Gasteiger partial charge in [-0.25, -0.2) is 0 Å². The second-order valence-corrected chi connectivity index (χ2v) is 4.86. The Morgan fingerprint density at radius 1 is 1.44 bits per heavy atom. The number of carbonyl (C=O) groups is 1. The monoisotopic (exact) mass is 315 g/mol. The number of rotatable bonds is 6. The molecule has 0 aliphatic heterocycles. The number of carbonyl (C=O) groups excluding carboxylic acids is 1. The third kappa shape index (κ3) is 4.31. The predicted octanol–water partition coefficient (Wildman–Crippen LogP) is 2.61. The first-order valence-electron chi connectivity index (χ1n) is 5.71. The molecule has 0 saturated heterocycles. The lowest BCUT2D eigenvalue weighted by molar-refractivity contribution is 0.0929. The van der Waals surface area contributed by atoms with Crippen molar-refractivity contribution in [2.24, 2.45) is 0 Å². The molecule has 0 heterocycles. The number of hydrogen-bond acceptors (Lipinski definition) is 3. The quantitative estimate of drug-likeness (QED) is 0.877. The van der Waals surface area contributed by atoms with Crippen LogP contribution in [-0.2, 0) is 4.74 Å². The molecule has 0 saturated carbocycles. The second kappa shape index (κ2) is 7.38. The van der Waals surface area contributed by atoms with Crippen LogP contribution in [0.25, 0.3) is 0 Å². The lowest BCUT2D eigenvalue weighted by atomic mass is 10.1. The van der Waals surface area contributed by atoms with Crippen molar-refractivity contribution in [3.63, 3.8) is 0 Å². The minimum Gasteiger partial charge on any atom is -0.496 e. The molecule has 0 fully saturated rings. The van der Waals surface area contributed by atoms with E-state index in [1.165, 1.54) is 0 Å². The van der Waals surface area contributed by atoms with Gasteiger partial charge < -0.3 is 14.8 Å². The predicted molar refractivity (Wildman–Crippen MR) is 74.1 cm³/mol. The van der Waals surface area contributed by atoms with E-state index in [2.05, 4.69) is 21.2 Å². The van der Waals surface area contributed by atoms with E-state index in [0.29, 0.717) is 17.9 Å². The first-order valence-corrected chi connectivity index (χ1v) is 6.51. The van der Waals surface area contributed by atoms with Crippen LogP contribution < -0.4 is 10.1 Å². The number of methoxy groups -OCH3 is 2. The Balaban J connectivity index is 2.64. The molecule has 1 unspecified atom stereocenters. The summed E-state index contributed by atoms with van der Waals surface area (Å²) >= 11 is 3.36. The Labute approximate surface area is 116 Å². The van der Waals surface area contributed by atoms with E-state index in [-0.39, 0.29) is 11.9 Å². The van der Waals surface area contributed by atoms with Crippen LogP contribution in [0, 0.1) is 0 Å². The van der Waals surface area contributed by atoms with Crippen LogP contribution >= 0.6 is 15.9 Å². The van der Waals surface area contributed by atoms with Gasteiger partial charge in [-0.2, -0.15) is 0 Å². The highest BCUT2D eigenvalue weighted by Gasteiger charge is 2.11. The van der Waals surface area contributed by atoms with Gasteiger partial charge in [0.1, 0.15) is 5.75 Å². The maximum atomic E-state index is 12.0. The highest BCUT2D eigenvalue weighted by molar-refractivity contribution is 9.10. The molecule has 1 amide bonds. The van der Waals surface area contributed by atoms with E-state index in [1.54, 1.807) is 32.4 Å². The largest absolute Gasteiger partial charge is 0.496 e. The van der Waals surface area contributed by atoms with Crippen molar-refractivity contribution in [2.45, 2.75) is 19.4 Å². The van der Waals surface area contributed by atoms with Crippen LogP contribution in [0.3, 0.4) is 0 Å². The maximum Gasteiger partial charge on any atom is 0.251 e. The van der Waals surface area contributed by atoms with Gasteiger partial charge in [0.15, 0.2) is 0 Å². The van der Waals surface area contributed by atoms with Crippen molar-refractivity contribution in [1.29, 1.82) is 0 Å². The van der Waals surface area contributed by atoms with Crippen molar-refractivity contribution < 1.29 is 14.3 Å². The Hall–Kier alpha value is -1.07. The summed E-state index contributed by atoms with van der Waals surface area (Å²) in [7, 11) is 3.24. The number of hydrogen-bond donors (Lipinski definition) is 1. The molecular formula is C13H18BrNO3. The zero-order chi connectivity index (χ0) is 13.5. The van der Waals surface area contributed by atoms with Crippen molar-refractivity contribution in [3.05, 3.63) is 28.2 Å². The van der Waals surface area contributed by atoms with Gasteiger partial charge in [-0.1, -0.05) is 0 Å². The molecule has 1 aromatic carbocycles. The topological polar surface area (TPSA) is 47.6 Å². The maximum absolute atomic E-state index is 12.0. The third-order valence-electron chi connectivity index (χ3n) is 2.55. The highest BCUT2D eigenvalue weighted by atomic mass is 79.9. The lowest BCUT2D eigenvalue weighted by Gasteiger charge is -2.13. The fourth-order valence-corrected chi connectivity index (χ4v) is 2.02. The van der Waals surface area contributed by atoms with E-state index < -0.39 is 0 Å². The van der Waals surface area contributed by atoms with E-state index in [1.807, 2.05) is 6.92 Å². The van der Waals surface area contributed by atoms with Gasteiger partial charge in [-0.15, -0.1) is 0 Å². The Bertz CT molecular complexity index is 409. The molecule has 0 aliphatic rings. The average Bonchev–Trinajstić information content (AvgIpc) is 2.36. The van der Waals surface area contributed by atoms with Gasteiger partial charge in [-0.3, -0.25) is 4.79 Å². The number of benzene rings is 1. The van der Waals surface area contributed by atoms with E-state index in [0.717, 1.165) is 10.9 Å². The Morgan fingerprint density at radius 2 is 2.17 bits per heavy atom. The summed E-state index contributed by atoms with van der Waals surface area (Å²) in [5.74, 6) is 0.612. The molecule has 1 rings (SSSR count). The summed E-state index contributed by atoms with van der Waals surface area (Å²) in [6, 6.07) is 5.33. The Morgan fingerprint density at radius 3 is 2.72 bits per heavy atom. The summed E-state index contributed by atoms with van der Waals surface area (Å²) in [5.41, 5.74) is 0.604. The zero-order valence-corrected chi connectivity index (χ0v) is 12.4. The normalized spacial score (nSPS) is 12.0. The fourth-order valence-electron chi connectivity index (χ4n) is 1.48. The summed E-state index contributed by atoms with van der Waals surface area (Å²) in [4.78, 5) is 12.0. The molecule has 4 nitrogen and oxygen atoms in total. The molecule has 1 atom stereocenters. The third-order valence-corrected chi connectivity index (χ3v) is 3.17. The smallest absolute Gasteiger partial charge is 0.251 e. The summed E-state index contributed by atoms with van der Waals surface area (Å²) in [5, 5.41) is 2.92. The molecule has 0 aliphatic carbocycles. The molecule has 5 heteroatoms. The minimum atomic E-state index is -0.0954. The number of amides is 1. The van der Waals surface area contributed by atoms with E-state index in [4.69, 9.17) is 9.47 Å². The molecular weight excluding hydrogens is 298 g/mol. The summed E-state index contributed by atoms with van der Waals surface area (Å²) in [6.45, 7) is 2.59. The molecule has 100 valence electrons. The summed E-state index contributed by atoms with van der Waals surface area (Å²) < 4.78 is 10.9.